The summed E-state index contributed by atoms with van der Waals surface area (Å²) in [4.78, 5) is 0. The van der Waals surface area contributed by atoms with Gasteiger partial charge < -0.3 is 10.8 Å². The van der Waals surface area contributed by atoms with Gasteiger partial charge in [-0.2, -0.15) is 0 Å². The van der Waals surface area contributed by atoms with Gasteiger partial charge in [0.15, 0.2) is 0 Å². The summed E-state index contributed by atoms with van der Waals surface area (Å²) in [6.45, 7) is 1.88. The van der Waals surface area contributed by atoms with Crippen LogP contribution in [0.5, 0.6) is 0 Å². The Labute approximate surface area is 70.6 Å². The van der Waals surface area contributed by atoms with E-state index in [0.717, 1.165) is 5.56 Å². The van der Waals surface area contributed by atoms with E-state index >= 15 is 0 Å². The van der Waals surface area contributed by atoms with Gasteiger partial charge >= 0.3 is 0 Å². The lowest BCUT2D eigenvalue weighted by molar-refractivity contribution is 0.185. The lowest BCUT2D eigenvalue weighted by Gasteiger charge is -2.08. The fraction of sp³-hybridized carbons (Fsp3) is 0.250. The summed E-state index contributed by atoms with van der Waals surface area (Å²) < 4.78 is 0. The van der Waals surface area contributed by atoms with Crippen LogP contribution in [0.3, 0.4) is 0 Å². The van der Waals surface area contributed by atoms with Crippen LogP contribution in [0.2, 0.25) is 5.02 Å². The first-order chi connectivity index (χ1) is 5.11. The van der Waals surface area contributed by atoms with Gasteiger partial charge in [0.25, 0.3) is 0 Å². The van der Waals surface area contributed by atoms with Gasteiger partial charge in [-0.15, -0.1) is 0 Å². The van der Waals surface area contributed by atoms with Crippen molar-refractivity contribution in [2.24, 2.45) is 5.73 Å². The normalized spacial score (nSPS) is 13.1. The van der Waals surface area contributed by atoms with Crippen molar-refractivity contribution in [3.8, 4) is 0 Å². The fourth-order valence-corrected chi connectivity index (χ4v) is 1.11. The molecule has 1 rings (SSSR count). The second-order valence-corrected chi connectivity index (χ2v) is 2.88. The molecule has 0 spiro atoms. The van der Waals surface area contributed by atoms with Crippen LogP contribution in [0.4, 0.5) is 0 Å². The highest BCUT2D eigenvalue weighted by Crippen LogP contribution is 2.18. The third-order valence-corrected chi connectivity index (χ3v) is 1.80. The maximum Gasteiger partial charge on any atom is 0.128 e. The summed E-state index contributed by atoms with van der Waals surface area (Å²) in [6.07, 6.45) is -0.936. The molecule has 0 saturated carbocycles. The lowest BCUT2D eigenvalue weighted by Crippen LogP contribution is -2.09. The zero-order valence-electron chi connectivity index (χ0n) is 6.21. The molecule has 11 heavy (non-hydrogen) atoms. The molecule has 0 amide bonds. The molecule has 2 nitrogen and oxygen atoms in total. The number of aliphatic hydroxyl groups excluding tert-OH is 1. The summed E-state index contributed by atoms with van der Waals surface area (Å²) in [5.41, 5.74) is 6.91. The number of benzene rings is 1. The molecule has 0 bridgehead atoms. The van der Waals surface area contributed by atoms with E-state index < -0.39 is 6.23 Å². The minimum Gasteiger partial charge on any atom is -0.375 e. The van der Waals surface area contributed by atoms with Crippen LogP contribution in [0, 0.1) is 6.92 Å². The summed E-state index contributed by atoms with van der Waals surface area (Å²) in [7, 11) is 0. The van der Waals surface area contributed by atoms with Crippen LogP contribution in [0.15, 0.2) is 18.2 Å². The van der Waals surface area contributed by atoms with E-state index in [4.69, 9.17) is 22.4 Å². The van der Waals surface area contributed by atoms with Gasteiger partial charge in [-0.05, 0) is 30.2 Å². The molecule has 0 aliphatic rings. The summed E-state index contributed by atoms with van der Waals surface area (Å²) >= 11 is 5.69. The quantitative estimate of drug-likeness (QED) is 0.631. The zero-order valence-corrected chi connectivity index (χ0v) is 6.97. The Morgan fingerprint density at radius 2 is 2.18 bits per heavy atom. The second kappa shape index (κ2) is 3.22. The monoisotopic (exact) mass is 171 g/mol. The van der Waals surface area contributed by atoms with Gasteiger partial charge in [0.1, 0.15) is 6.23 Å². The van der Waals surface area contributed by atoms with Crippen molar-refractivity contribution in [1.29, 1.82) is 0 Å². The number of halogens is 1. The first-order valence-corrected chi connectivity index (χ1v) is 3.69. The molecule has 0 aliphatic carbocycles. The van der Waals surface area contributed by atoms with Crippen LogP contribution in [0.25, 0.3) is 0 Å². The molecule has 0 saturated heterocycles. The number of rotatable bonds is 1. The van der Waals surface area contributed by atoms with Crippen LogP contribution in [-0.2, 0) is 0 Å². The second-order valence-electron chi connectivity index (χ2n) is 2.45. The van der Waals surface area contributed by atoms with Crippen LogP contribution >= 0.6 is 11.6 Å². The molecule has 3 N–H and O–H groups in total. The van der Waals surface area contributed by atoms with E-state index in [9.17, 15) is 0 Å². The fourth-order valence-electron chi connectivity index (χ4n) is 0.930. The van der Waals surface area contributed by atoms with Crippen molar-refractivity contribution in [1.82, 2.24) is 0 Å². The highest BCUT2D eigenvalue weighted by molar-refractivity contribution is 6.30. The van der Waals surface area contributed by atoms with E-state index in [0.29, 0.717) is 10.6 Å². The van der Waals surface area contributed by atoms with Gasteiger partial charge in [-0.1, -0.05) is 17.7 Å². The van der Waals surface area contributed by atoms with Crippen LogP contribution in [0.1, 0.15) is 17.4 Å². The molecule has 1 unspecified atom stereocenters. The summed E-state index contributed by atoms with van der Waals surface area (Å²) in [5.74, 6) is 0. The molecule has 1 aromatic rings. The Morgan fingerprint density at radius 3 is 2.64 bits per heavy atom. The molecule has 1 atom stereocenters. The van der Waals surface area contributed by atoms with Crippen LogP contribution in [-0.4, -0.2) is 5.11 Å². The third kappa shape index (κ3) is 1.93. The van der Waals surface area contributed by atoms with Gasteiger partial charge in [0.2, 0.25) is 0 Å². The van der Waals surface area contributed by atoms with Gasteiger partial charge in [0.05, 0.1) is 0 Å². The SMILES string of the molecule is Cc1ccc(Cl)cc1C(N)O. The van der Waals surface area contributed by atoms with Crippen molar-refractivity contribution in [3.05, 3.63) is 34.3 Å². The maximum atomic E-state index is 9.05. The Bertz CT molecular complexity index is 260. The van der Waals surface area contributed by atoms with Crippen LogP contribution < -0.4 is 5.73 Å². The van der Waals surface area contributed by atoms with E-state index in [1.54, 1.807) is 12.1 Å². The van der Waals surface area contributed by atoms with Gasteiger partial charge in [-0.3, -0.25) is 0 Å². The number of hydrogen-bond donors (Lipinski definition) is 2. The highest BCUT2D eigenvalue weighted by atomic mass is 35.5. The highest BCUT2D eigenvalue weighted by Gasteiger charge is 2.04. The molecule has 60 valence electrons. The molecule has 0 heterocycles. The van der Waals surface area contributed by atoms with Crippen molar-refractivity contribution < 1.29 is 5.11 Å². The first-order valence-electron chi connectivity index (χ1n) is 3.31. The first kappa shape index (κ1) is 8.53. The molecule has 0 radical (unpaired) electrons. The Balaban J connectivity index is 3.13. The molecule has 1 aromatic carbocycles. The molecule has 0 fully saturated rings. The Morgan fingerprint density at radius 1 is 1.55 bits per heavy atom. The van der Waals surface area contributed by atoms with E-state index in [1.807, 2.05) is 13.0 Å². The minimum absolute atomic E-state index is 0.593. The predicted octanol–water partition coefficient (Wildman–Crippen LogP) is 1.60. The van der Waals surface area contributed by atoms with Crippen molar-refractivity contribution in [2.75, 3.05) is 0 Å². The average Bonchev–Trinajstić information content (AvgIpc) is 1.94. The molecule has 0 aliphatic heterocycles. The van der Waals surface area contributed by atoms with E-state index in [-0.39, 0.29) is 0 Å². The predicted molar refractivity (Wildman–Crippen MR) is 45.3 cm³/mol. The van der Waals surface area contributed by atoms with Gasteiger partial charge in [0, 0.05) is 5.02 Å². The Hall–Kier alpha value is -0.570. The van der Waals surface area contributed by atoms with E-state index in [2.05, 4.69) is 0 Å². The minimum atomic E-state index is -0.936. The van der Waals surface area contributed by atoms with Gasteiger partial charge in [-0.25, -0.2) is 0 Å². The van der Waals surface area contributed by atoms with Crippen molar-refractivity contribution in [3.63, 3.8) is 0 Å². The largest absolute Gasteiger partial charge is 0.375 e. The molecule has 0 aromatic heterocycles. The smallest absolute Gasteiger partial charge is 0.128 e. The topological polar surface area (TPSA) is 46.2 Å². The standard InChI is InChI=1S/C8H10ClNO/c1-5-2-3-6(9)4-7(5)8(10)11/h2-4,8,11H,10H2,1H3. The summed E-state index contributed by atoms with van der Waals surface area (Å²) in [6, 6.07) is 5.26. The lowest BCUT2D eigenvalue weighted by atomic mass is 10.1. The van der Waals surface area contributed by atoms with E-state index in [1.165, 1.54) is 0 Å². The van der Waals surface area contributed by atoms with Crippen molar-refractivity contribution >= 4 is 11.6 Å². The Kier molecular flexibility index (Phi) is 2.49. The van der Waals surface area contributed by atoms with Crippen molar-refractivity contribution in [2.45, 2.75) is 13.2 Å². The zero-order chi connectivity index (χ0) is 8.43. The number of aliphatic hydroxyl groups is 1. The molecular formula is C8H10ClNO. The average molecular weight is 172 g/mol. The third-order valence-electron chi connectivity index (χ3n) is 1.56. The molecule has 3 heteroatoms. The molecular weight excluding hydrogens is 162 g/mol. The number of hydrogen-bond acceptors (Lipinski definition) is 2. The maximum absolute atomic E-state index is 9.05. The number of nitrogens with two attached hydrogens (primary N) is 1. The number of aryl methyl sites for hydroxylation is 1. The summed E-state index contributed by atoms with van der Waals surface area (Å²) in [5, 5.41) is 9.64.